The quantitative estimate of drug-likeness (QED) is 0.318. The van der Waals surface area contributed by atoms with Gasteiger partial charge in [-0.05, 0) is 74.6 Å². The zero-order chi connectivity index (χ0) is 25.5. The fraction of sp³-hybridized carbons (Fsp3) is 0.345. The van der Waals surface area contributed by atoms with Crippen LogP contribution in [0.15, 0.2) is 89.8 Å². The summed E-state index contributed by atoms with van der Waals surface area (Å²) < 4.78 is 27.7. The Labute approximate surface area is 219 Å². The van der Waals surface area contributed by atoms with Gasteiger partial charge in [-0.15, -0.1) is 0 Å². The lowest BCUT2D eigenvalue weighted by atomic mass is 9.88. The van der Waals surface area contributed by atoms with Crippen LogP contribution in [0.1, 0.15) is 41.1 Å². The van der Waals surface area contributed by atoms with E-state index in [1.165, 1.54) is 4.31 Å². The third-order valence-corrected chi connectivity index (χ3v) is 9.13. The second kappa shape index (κ2) is 12.2. The fourth-order valence-corrected chi connectivity index (χ4v) is 6.34. The second-order valence-corrected chi connectivity index (χ2v) is 12.0. The van der Waals surface area contributed by atoms with Crippen LogP contribution in [0, 0.1) is 5.92 Å². The molecule has 3 aromatic carbocycles. The molecular formula is C29H33ClN2O3S. The van der Waals surface area contributed by atoms with Crippen LogP contribution in [-0.2, 0) is 10.0 Å². The zero-order valence-electron chi connectivity index (χ0n) is 20.6. The lowest BCUT2D eigenvalue weighted by molar-refractivity contribution is 0.0837. The molecule has 7 heteroatoms. The van der Waals surface area contributed by atoms with Gasteiger partial charge >= 0.3 is 0 Å². The van der Waals surface area contributed by atoms with Gasteiger partial charge in [0.05, 0.1) is 4.90 Å². The van der Waals surface area contributed by atoms with Crippen LogP contribution in [0.25, 0.3) is 0 Å². The minimum Gasteiger partial charge on any atom is -0.303 e. The molecule has 190 valence electrons. The van der Waals surface area contributed by atoms with Gasteiger partial charge in [-0.1, -0.05) is 72.3 Å². The number of sulfonamides is 1. The average Bonchev–Trinajstić information content (AvgIpc) is 2.91. The van der Waals surface area contributed by atoms with E-state index in [2.05, 4.69) is 4.90 Å². The maximum absolute atomic E-state index is 13.1. The van der Waals surface area contributed by atoms with E-state index >= 15 is 0 Å². The minimum absolute atomic E-state index is 0.00383. The monoisotopic (exact) mass is 524 g/mol. The second-order valence-electron chi connectivity index (χ2n) is 9.49. The van der Waals surface area contributed by atoms with Gasteiger partial charge in [-0.3, -0.25) is 4.79 Å². The summed E-state index contributed by atoms with van der Waals surface area (Å²) >= 11 is 6.28. The number of piperidine rings is 1. The topological polar surface area (TPSA) is 57.7 Å². The smallest absolute Gasteiger partial charge is 0.242 e. The van der Waals surface area contributed by atoms with E-state index in [4.69, 9.17) is 11.6 Å². The van der Waals surface area contributed by atoms with Gasteiger partial charge in [0.15, 0.2) is 5.78 Å². The number of carbonyl (C=O) groups is 1. The van der Waals surface area contributed by atoms with E-state index in [-0.39, 0.29) is 17.6 Å². The first-order chi connectivity index (χ1) is 17.3. The molecule has 3 aromatic rings. The number of carbonyl (C=O) groups excluding carboxylic acids is 1. The molecule has 0 saturated carbocycles. The average molecular weight is 525 g/mol. The molecule has 36 heavy (non-hydrogen) atoms. The third-order valence-electron chi connectivity index (χ3n) is 7.06. The van der Waals surface area contributed by atoms with Crippen LogP contribution in [0.4, 0.5) is 0 Å². The van der Waals surface area contributed by atoms with Gasteiger partial charge < -0.3 is 4.90 Å². The Hall–Kier alpha value is -2.51. The number of Topliss-reactive ketones (excluding diaryl/α,β-unsaturated/α-hetero) is 1. The molecule has 1 saturated heterocycles. The van der Waals surface area contributed by atoms with Crippen molar-refractivity contribution in [1.29, 1.82) is 0 Å². The van der Waals surface area contributed by atoms with Crippen LogP contribution in [0.3, 0.4) is 0 Å². The molecule has 1 atom stereocenters. The molecule has 0 radical (unpaired) electrons. The molecule has 0 bridgehead atoms. The summed E-state index contributed by atoms with van der Waals surface area (Å²) in [5, 5.41) is 0.645. The standard InChI is InChI=1S/C29H33ClN2O3S/c1-31(36(34,35)28-13-6-3-7-14-28)22-26(25-11-8-12-27(30)21-25)17-20-32-18-15-24(16-19-32)29(33)23-9-4-2-5-10-23/h2-14,21,24,26H,15-20,22H2,1H3. The van der Waals surface area contributed by atoms with Crippen molar-refractivity contribution in [2.45, 2.75) is 30.1 Å². The highest BCUT2D eigenvalue weighted by Crippen LogP contribution is 2.28. The van der Waals surface area contributed by atoms with Crippen molar-refractivity contribution < 1.29 is 13.2 Å². The van der Waals surface area contributed by atoms with Crippen LogP contribution < -0.4 is 0 Å². The van der Waals surface area contributed by atoms with Gasteiger partial charge in [-0.2, -0.15) is 0 Å². The number of rotatable bonds is 10. The summed E-state index contributed by atoms with van der Waals surface area (Å²) in [4.78, 5) is 15.5. The van der Waals surface area contributed by atoms with Crippen molar-refractivity contribution in [1.82, 2.24) is 9.21 Å². The third kappa shape index (κ3) is 6.62. The van der Waals surface area contributed by atoms with E-state index in [1.807, 2.05) is 60.7 Å². The molecule has 1 unspecified atom stereocenters. The highest BCUT2D eigenvalue weighted by molar-refractivity contribution is 7.89. The van der Waals surface area contributed by atoms with E-state index in [9.17, 15) is 13.2 Å². The Morgan fingerprint density at radius 3 is 2.25 bits per heavy atom. The maximum Gasteiger partial charge on any atom is 0.242 e. The summed E-state index contributed by atoms with van der Waals surface area (Å²) in [5.74, 6) is 0.296. The largest absolute Gasteiger partial charge is 0.303 e. The molecule has 0 N–H and O–H groups in total. The number of ketones is 1. The first kappa shape index (κ1) is 26.6. The number of hydrogen-bond acceptors (Lipinski definition) is 4. The maximum atomic E-state index is 13.1. The molecule has 0 aromatic heterocycles. The van der Waals surface area contributed by atoms with E-state index < -0.39 is 10.0 Å². The number of likely N-dealkylation sites (tertiary alicyclic amines) is 1. The normalized spacial score (nSPS) is 16.2. The number of likely N-dealkylation sites (N-methyl/N-ethyl adjacent to an activating group) is 1. The van der Waals surface area contributed by atoms with Crippen LogP contribution in [0.2, 0.25) is 5.02 Å². The summed E-state index contributed by atoms with van der Waals surface area (Å²) in [6, 6.07) is 25.8. The molecule has 1 aliphatic heterocycles. The molecule has 4 rings (SSSR count). The van der Waals surface area contributed by atoms with Crippen molar-refractivity contribution in [3.05, 3.63) is 101 Å². The number of nitrogens with zero attached hydrogens (tertiary/aromatic N) is 2. The molecule has 0 amide bonds. The SMILES string of the molecule is CN(CC(CCN1CCC(C(=O)c2ccccc2)CC1)c1cccc(Cl)c1)S(=O)(=O)c1ccccc1. The zero-order valence-corrected chi connectivity index (χ0v) is 22.2. The summed E-state index contributed by atoms with van der Waals surface area (Å²) in [7, 11) is -1.95. The Morgan fingerprint density at radius 2 is 1.61 bits per heavy atom. The van der Waals surface area contributed by atoms with Crippen LogP contribution in [0.5, 0.6) is 0 Å². The van der Waals surface area contributed by atoms with Crippen LogP contribution >= 0.6 is 11.6 Å². The Morgan fingerprint density at radius 1 is 0.972 bits per heavy atom. The van der Waals surface area contributed by atoms with Crippen molar-refractivity contribution in [3.8, 4) is 0 Å². The van der Waals surface area contributed by atoms with Gasteiger partial charge in [-0.25, -0.2) is 12.7 Å². The Kier molecular flexibility index (Phi) is 8.96. The first-order valence-electron chi connectivity index (χ1n) is 12.4. The van der Waals surface area contributed by atoms with Gasteiger partial charge in [0, 0.05) is 30.1 Å². The van der Waals surface area contributed by atoms with Gasteiger partial charge in [0.1, 0.15) is 0 Å². The van der Waals surface area contributed by atoms with Crippen molar-refractivity contribution in [2.24, 2.45) is 5.92 Å². The number of halogens is 1. The lowest BCUT2D eigenvalue weighted by Crippen LogP contribution is -2.38. The molecule has 5 nitrogen and oxygen atoms in total. The van der Waals surface area contributed by atoms with Gasteiger partial charge in [0.2, 0.25) is 10.0 Å². The first-order valence-corrected chi connectivity index (χ1v) is 14.2. The Balaban J connectivity index is 1.40. The predicted molar refractivity (Wildman–Crippen MR) is 145 cm³/mol. The van der Waals surface area contributed by atoms with Crippen LogP contribution in [-0.4, -0.2) is 56.6 Å². The fourth-order valence-electron chi connectivity index (χ4n) is 4.90. The van der Waals surface area contributed by atoms with E-state index in [1.54, 1.807) is 31.3 Å². The minimum atomic E-state index is -3.59. The molecule has 1 aliphatic rings. The number of benzene rings is 3. The Bertz CT molecular complexity index is 1240. The predicted octanol–water partition coefficient (Wildman–Crippen LogP) is 5.73. The van der Waals surface area contributed by atoms with Crippen molar-refractivity contribution in [3.63, 3.8) is 0 Å². The van der Waals surface area contributed by atoms with E-state index in [0.29, 0.717) is 16.5 Å². The highest BCUT2D eigenvalue weighted by Gasteiger charge is 2.28. The molecule has 1 heterocycles. The summed E-state index contributed by atoms with van der Waals surface area (Å²) in [6.45, 7) is 2.93. The molecule has 1 fully saturated rings. The van der Waals surface area contributed by atoms with E-state index in [0.717, 1.165) is 50.0 Å². The highest BCUT2D eigenvalue weighted by atomic mass is 35.5. The molecular weight excluding hydrogens is 492 g/mol. The summed E-state index contributed by atoms with van der Waals surface area (Å²) in [5.41, 5.74) is 1.83. The summed E-state index contributed by atoms with van der Waals surface area (Å²) in [6.07, 6.45) is 2.49. The molecule has 0 aliphatic carbocycles. The van der Waals surface area contributed by atoms with Crippen molar-refractivity contribution >= 4 is 27.4 Å². The lowest BCUT2D eigenvalue weighted by Gasteiger charge is -2.33. The van der Waals surface area contributed by atoms with Crippen molar-refractivity contribution in [2.75, 3.05) is 33.2 Å². The van der Waals surface area contributed by atoms with Gasteiger partial charge in [0.25, 0.3) is 0 Å². The molecule has 0 spiro atoms. The number of hydrogen-bond donors (Lipinski definition) is 0.